The first-order valence-corrected chi connectivity index (χ1v) is 7.00. The quantitative estimate of drug-likeness (QED) is 0.687. The number of fused-ring (bicyclic) bond motifs is 1. The van der Waals surface area contributed by atoms with Crippen molar-refractivity contribution in [3.63, 3.8) is 0 Å². The summed E-state index contributed by atoms with van der Waals surface area (Å²) in [6.45, 7) is 0. The number of carboxylic acids is 1. The lowest BCUT2D eigenvalue weighted by molar-refractivity contribution is 0.0703. The molecule has 0 unspecified atom stereocenters. The Balaban J connectivity index is 2.39. The fourth-order valence-corrected chi connectivity index (χ4v) is 3.03. The summed E-state index contributed by atoms with van der Waals surface area (Å²) in [7, 11) is 1.71. The summed E-state index contributed by atoms with van der Waals surface area (Å²) < 4.78 is 0. The van der Waals surface area contributed by atoms with Gasteiger partial charge in [0.2, 0.25) is 5.95 Å². The number of hydrogen-bond acceptors (Lipinski definition) is 6. The van der Waals surface area contributed by atoms with E-state index in [0.29, 0.717) is 21.9 Å². The number of rotatable bonds is 3. The van der Waals surface area contributed by atoms with Crippen LogP contribution in [0.3, 0.4) is 0 Å². The van der Waals surface area contributed by atoms with Crippen molar-refractivity contribution < 1.29 is 9.90 Å². The zero-order valence-corrected chi connectivity index (χ0v) is 11.9. The Labute approximate surface area is 124 Å². The van der Waals surface area contributed by atoms with Crippen LogP contribution in [-0.4, -0.2) is 28.1 Å². The molecule has 0 saturated heterocycles. The molecule has 0 bridgehead atoms. The van der Waals surface area contributed by atoms with E-state index in [1.165, 1.54) is 0 Å². The number of hydrogen-bond donors (Lipinski definition) is 3. The summed E-state index contributed by atoms with van der Waals surface area (Å²) in [4.78, 5) is 20.6. The number of nitrogens with one attached hydrogen (secondary N) is 1. The molecule has 0 aliphatic carbocycles. The second kappa shape index (κ2) is 5.02. The van der Waals surface area contributed by atoms with Crippen molar-refractivity contribution in [3.05, 3.63) is 35.2 Å². The maximum Gasteiger partial charge on any atom is 0.348 e. The van der Waals surface area contributed by atoms with Crippen LogP contribution in [0.15, 0.2) is 30.3 Å². The Morgan fingerprint density at radius 3 is 2.62 bits per heavy atom. The number of carboxylic acid groups (broad SMARTS) is 1. The van der Waals surface area contributed by atoms with Gasteiger partial charge < -0.3 is 16.2 Å². The Kier molecular flexibility index (Phi) is 3.19. The zero-order chi connectivity index (χ0) is 15.0. The first-order chi connectivity index (χ1) is 10.1. The number of nitrogens with zero attached hydrogens (tertiary/aromatic N) is 2. The molecule has 4 N–H and O–H groups in total. The highest BCUT2D eigenvalue weighted by Crippen LogP contribution is 2.38. The van der Waals surface area contributed by atoms with E-state index in [-0.39, 0.29) is 10.6 Å². The summed E-state index contributed by atoms with van der Waals surface area (Å²) in [6.07, 6.45) is 0. The van der Waals surface area contributed by atoms with Crippen molar-refractivity contribution in [1.82, 2.24) is 9.97 Å². The maximum absolute atomic E-state index is 11.3. The van der Waals surface area contributed by atoms with Crippen LogP contribution in [0.25, 0.3) is 21.5 Å². The molecule has 1 aromatic carbocycles. The van der Waals surface area contributed by atoms with Crippen molar-refractivity contribution in [2.45, 2.75) is 0 Å². The SMILES string of the molecule is CNc1nc(-c2ccccc2)c2c(N)c(C(=O)O)sc2n1. The number of aromatic carboxylic acids is 1. The smallest absolute Gasteiger partial charge is 0.348 e. The van der Waals surface area contributed by atoms with Crippen molar-refractivity contribution in [1.29, 1.82) is 0 Å². The lowest BCUT2D eigenvalue weighted by atomic mass is 10.1. The first-order valence-electron chi connectivity index (χ1n) is 6.18. The normalized spacial score (nSPS) is 10.7. The molecule has 0 amide bonds. The fourth-order valence-electron chi connectivity index (χ4n) is 2.10. The van der Waals surface area contributed by atoms with Gasteiger partial charge in [0.15, 0.2) is 0 Å². The summed E-state index contributed by atoms with van der Waals surface area (Å²) in [6, 6.07) is 9.49. The van der Waals surface area contributed by atoms with Crippen LogP contribution in [0.1, 0.15) is 9.67 Å². The first kappa shape index (κ1) is 13.3. The highest BCUT2D eigenvalue weighted by atomic mass is 32.1. The molecule has 0 spiro atoms. The molecule has 2 heterocycles. The van der Waals surface area contributed by atoms with E-state index in [2.05, 4.69) is 15.3 Å². The minimum absolute atomic E-state index is 0.0877. The van der Waals surface area contributed by atoms with Crippen LogP contribution < -0.4 is 11.1 Å². The van der Waals surface area contributed by atoms with E-state index in [9.17, 15) is 9.90 Å². The second-order valence-corrected chi connectivity index (χ2v) is 5.34. The fraction of sp³-hybridized carbons (Fsp3) is 0.0714. The standard InChI is InChI=1S/C14H12N4O2S/c1-16-14-17-10(7-5-3-2-4-6-7)8-9(15)11(13(19)20)21-12(8)18-14/h2-6H,15H2,1H3,(H,19,20)(H,16,17,18). The van der Waals surface area contributed by atoms with Gasteiger partial charge in [-0.05, 0) is 0 Å². The molecule has 7 heteroatoms. The molecule has 0 fully saturated rings. The second-order valence-electron chi connectivity index (χ2n) is 4.34. The Hall–Kier alpha value is -2.67. The van der Waals surface area contributed by atoms with Gasteiger partial charge in [-0.2, -0.15) is 0 Å². The average molecular weight is 300 g/mol. The lowest BCUT2D eigenvalue weighted by Gasteiger charge is -2.06. The molecule has 6 nitrogen and oxygen atoms in total. The van der Waals surface area contributed by atoms with Crippen LogP contribution in [0.4, 0.5) is 11.6 Å². The zero-order valence-electron chi connectivity index (χ0n) is 11.1. The Bertz CT molecular complexity index is 830. The van der Waals surface area contributed by atoms with Gasteiger partial charge in [-0.15, -0.1) is 11.3 Å². The van der Waals surface area contributed by atoms with E-state index in [0.717, 1.165) is 16.9 Å². The molecule has 2 aromatic heterocycles. The monoisotopic (exact) mass is 300 g/mol. The largest absolute Gasteiger partial charge is 0.477 e. The molecule has 0 saturated carbocycles. The number of carbonyl (C=O) groups is 1. The van der Waals surface area contributed by atoms with E-state index >= 15 is 0 Å². The van der Waals surface area contributed by atoms with Gasteiger partial charge in [0.05, 0.1) is 16.8 Å². The van der Waals surface area contributed by atoms with Gasteiger partial charge in [-0.25, -0.2) is 14.8 Å². The summed E-state index contributed by atoms with van der Waals surface area (Å²) in [5, 5.41) is 12.7. The van der Waals surface area contributed by atoms with Gasteiger partial charge >= 0.3 is 5.97 Å². The lowest BCUT2D eigenvalue weighted by Crippen LogP contribution is -2.00. The highest BCUT2D eigenvalue weighted by molar-refractivity contribution is 7.21. The van der Waals surface area contributed by atoms with E-state index in [4.69, 9.17) is 5.73 Å². The summed E-state index contributed by atoms with van der Waals surface area (Å²) in [5.41, 5.74) is 7.71. The van der Waals surface area contributed by atoms with Crippen LogP contribution >= 0.6 is 11.3 Å². The van der Waals surface area contributed by atoms with Crippen molar-refractivity contribution >= 4 is 39.2 Å². The third-order valence-corrected chi connectivity index (χ3v) is 4.14. The molecule has 0 aliphatic heterocycles. The van der Waals surface area contributed by atoms with Gasteiger partial charge in [0.1, 0.15) is 9.71 Å². The van der Waals surface area contributed by atoms with Crippen molar-refractivity contribution in [2.75, 3.05) is 18.1 Å². The molecule has 0 radical (unpaired) electrons. The van der Waals surface area contributed by atoms with Crippen LogP contribution in [0.5, 0.6) is 0 Å². The number of aromatic nitrogens is 2. The highest BCUT2D eigenvalue weighted by Gasteiger charge is 2.21. The van der Waals surface area contributed by atoms with Gasteiger partial charge in [0.25, 0.3) is 0 Å². The van der Waals surface area contributed by atoms with E-state index in [1.807, 2.05) is 30.3 Å². The number of benzene rings is 1. The van der Waals surface area contributed by atoms with Crippen molar-refractivity contribution in [3.8, 4) is 11.3 Å². The molecule has 3 rings (SSSR count). The van der Waals surface area contributed by atoms with Gasteiger partial charge in [0, 0.05) is 12.6 Å². The topological polar surface area (TPSA) is 101 Å². The predicted molar refractivity (Wildman–Crippen MR) is 83.8 cm³/mol. The number of thiophene rings is 1. The number of nitrogens with two attached hydrogens (primary N) is 1. The third-order valence-electron chi connectivity index (χ3n) is 3.05. The maximum atomic E-state index is 11.3. The van der Waals surface area contributed by atoms with Gasteiger partial charge in [-0.3, -0.25) is 0 Å². The minimum atomic E-state index is -1.06. The Morgan fingerprint density at radius 2 is 2.00 bits per heavy atom. The van der Waals surface area contributed by atoms with Crippen LogP contribution in [0, 0.1) is 0 Å². The molecule has 106 valence electrons. The molecular weight excluding hydrogens is 288 g/mol. The number of anilines is 2. The number of nitrogen functional groups attached to an aromatic ring is 1. The van der Waals surface area contributed by atoms with E-state index < -0.39 is 5.97 Å². The van der Waals surface area contributed by atoms with Gasteiger partial charge in [-0.1, -0.05) is 30.3 Å². The third kappa shape index (κ3) is 2.17. The summed E-state index contributed by atoms with van der Waals surface area (Å²) >= 11 is 1.05. The molecule has 3 aromatic rings. The molecule has 0 atom stereocenters. The predicted octanol–water partition coefficient (Wildman–Crippen LogP) is 2.68. The molecule has 21 heavy (non-hydrogen) atoms. The van der Waals surface area contributed by atoms with Crippen molar-refractivity contribution in [2.24, 2.45) is 0 Å². The van der Waals surface area contributed by atoms with Crippen LogP contribution in [-0.2, 0) is 0 Å². The van der Waals surface area contributed by atoms with Crippen LogP contribution in [0.2, 0.25) is 0 Å². The van der Waals surface area contributed by atoms with E-state index in [1.54, 1.807) is 7.05 Å². The minimum Gasteiger partial charge on any atom is -0.477 e. The summed E-state index contributed by atoms with van der Waals surface area (Å²) in [5.74, 6) is -0.625. The average Bonchev–Trinajstić information content (AvgIpc) is 2.84. The molecular formula is C14H12N4O2S. The Morgan fingerprint density at radius 1 is 1.29 bits per heavy atom. The molecule has 0 aliphatic rings.